The van der Waals surface area contributed by atoms with Crippen molar-refractivity contribution in [1.82, 2.24) is 15.5 Å². The van der Waals surface area contributed by atoms with E-state index in [4.69, 9.17) is 9.47 Å². The molecule has 0 saturated carbocycles. The smallest absolute Gasteiger partial charge is 0.315 e. The molecule has 7 heteroatoms. The Balaban J connectivity index is 1.24. The molecule has 0 unspecified atom stereocenters. The molecule has 7 nitrogen and oxygen atoms in total. The van der Waals surface area contributed by atoms with E-state index in [1.165, 1.54) is 0 Å². The van der Waals surface area contributed by atoms with Crippen LogP contribution in [0.25, 0.3) is 0 Å². The van der Waals surface area contributed by atoms with Gasteiger partial charge in [0.2, 0.25) is 5.91 Å². The van der Waals surface area contributed by atoms with Crippen LogP contribution in [0.5, 0.6) is 11.5 Å². The Labute approximate surface area is 176 Å². The normalized spacial score (nSPS) is 15.2. The summed E-state index contributed by atoms with van der Waals surface area (Å²) in [6.45, 7) is 3.49. The van der Waals surface area contributed by atoms with Crippen molar-refractivity contribution in [2.24, 2.45) is 0 Å². The molecule has 30 heavy (non-hydrogen) atoms. The first-order valence-corrected chi connectivity index (χ1v) is 10.4. The predicted molar refractivity (Wildman–Crippen MR) is 112 cm³/mol. The number of hydrogen-bond acceptors (Lipinski definition) is 4. The molecular weight excluding hydrogens is 382 g/mol. The molecule has 2 aromatic rings. The van der Waals surface area contributed by atoms with Crippen molar-refractivity contribution in [3.63, 3.8) is 0 Å². The molecule has 2 N–H and O–H groups in total. The zero-order chi connectivity index (χ0) is 20.8. The summed E-state index contributed by atoms with van der Waals surface area (Å²) in [5, 5.41) is 5.81. The number of rotatable bonds is 7. The van der Waals surface area contributed by atoms with Crippen LogP contribution in [0.4, 0.5) is 4.79 Å². The van der Waals surface area contributed by atoms with Gasteiger partial charge in [-0.15, -0.1) is 0 Å². The average molecular weight is 409 g/mol. The summed E-state index contributed by atoms with van der Waals surface area (Å²) < 4.78 is 11.1. The van der Waals surface area contributed by atoms with E-state index >= 15 is 0 Å². The Kier molecular flexibility index (Phi) is 6.37. The molecule has 1 fully saturated rings. The third-order valence-electron chi connectivity index (χ3n) is 5.40. The van der Waals surface area contributed by atoms with Crippen LogP contribution in [0.2, 0.25) is 0 Å². The largest absolute Gasteiger partial charge is 0.486 e. The summed E-state index contributed by atoms with van der Waals surface area (Å²) in [6, 6.07) is 13.6. The lowest BCUT2D eigenvalue weighted by atomic mass is 10.1. The highest BCUT2D eigenvalue weighted by molar-refractivity contribution is 5.78. The summed E-state index contributed by atoms with van der Waals surface area (Å²) in [7, 11) is 0. The Morgan fingerprint density at radius 2 is 1.80 bits per heavy atom. The topological polar surface area (TPSA) is 79.9 Å². The Morgan fingerprint density at radius 3 is 2.60 bits per heavy atom. The van der Waals surface area contributed by atoms with Gasteiger partial charge in [-0.2, -0.15) is 0 Å². The molecule has 158 valence electrons. The van der Waals surface area contributed by atoms with Gasteiger partial charge in [0.1, 0.15) is 13.2 Å². The number of urea groups is 1. The summed E-state index contributed by atoms with van der Waals surface area (Å²) >= 11 is 0. The van der Waals surface area contributed by atoms with E-state index in [2.05, 4.69) is 10.6 Å². The van der Waals surface area contributed by atoms with E-state index in [1.807, 2.05) is 47.4 Å². The van der Waals surface area contributed by atoms with Gasteiger partial charge in [0.25, 0.3) is 0 Å². The van der Waals surface area contributed by atoms with Crippen molar-refractivity contribution in [3.8, 4) is 11.5 Å². The van der Waals surface area contributed by atoms with Gasteiger partial charge in [0.15, 0.2) is 11.5 Å². The third kappa shape index (κ3) is 5.03. The summed E-state index contributed by atoms with van der Waals surface area (Å²) in [5.41, 5.74) is 3.18. The maximum Gasteiger partial charge on any atom is 0.315 e. The van der Waals surface area contributed by atoms with Gasteiger partial charge in [0.05, 0.1) is 0 Å². The molecular formula is C23H27N3O4. The molecule has 0 aromatic heterocycles. The SMILES string of the molecule is O=C(NCCc1ccc2c(c1)OCCO2)NCc1ccccc1CN1CCCC1=O. The molecule has 2 aliphatic rings. The van der Waals surface area contributed by atoms with Crippen LogP contribution in [-0.4, -0.2) is 43.1 Å². The Hall–Kier alpha value is -3.22. The standard InChI is InChI=1S/C23H27N3O4/c27-22-6-3-11-26(22)16-19-5-2-1-4-18(19)15-25-23(28)24-10-9-17-7-8-20-21(14-17)30-13-12-29-20/h1-2,4-5,7-8,14H,3,6,9-13,15-16H2,(H2,24,25,28). The lowest BCUT2D eigenvalue weighted by molar-refractivity contribution is -0.128. The number of carbonyl (C=O) groups is 2. The molecule has 4 rings (SSSR count). The average Bonchev–Trinajstić information content (AvgIpc) is 3.17. The molecule has 0 aliphatic carbocycles. The van der Waals surface area contributed by atoms with E-state index in [0.29, 0.717) is 45.7 Å². The molecule has 2 aromatic carbocycles. The molecule has 0 atom stereocenters. The summed E-state index contributed by atoms with van der Waals surface area (Å²) in [4.78, 5) is 26.0. The van der Waals surface area contributed by atoms with Gasteiger partial charge in [-0.1, -0.05) is 30.3 Å². The minimum Gasteiger partial charge on any atom is -0.486 e. The fraction of sp³-hybridized carbons (Fsp3) is 0.391. The van der Waals surface area contributed by atoms with Crippen molar-refractivity contribution < 1.29 is 19.1 Å². The second kappa shape index (κ2) is 9.52. The van der Waals surface area contributed by atoms with E-state index in [-0.39, 0.29) is 11.9 Å². The van der Waals surface area contributed by atoms with Crippen molar-refractivity contribution in [1.29, 1.82) is 0 Å². The number of nitrogens with zero attached hydrogens (tertiary/aromatic N) is 1. The Bertz CT molecular complexity index is 915. The maximum atomic E-state index is 12.2. The highest BCUT2D eigenvalue weighted by Crippen LogP contribution is 2.30. The summed E-state index contributed by atoms with van der Waals surface area (Å²) in [6.07, 6.45) is 2.26. The van der Waals surface area contributed by atoms with Crippen LogP contribution in [0.3, 0.4) is 0 Å². The molecule has 0 spiro atoms. The third-order valence-corrected chi connectivity index (χ3v) is 5.40. The Morgan fingerprint density at radius 1 is 1.00 bits per heavy atom. The lowest BCUT2D eigenvalue weighted by Crippen LogP contribution is -2.36. The first-order chi connectivity index (χ1) is 14.7. The number of likely N-dealkylation sites (tertiary alicyclic amines) is 1. The number of hydrogen-bond donors (Lipinski definition) is 2. The minimum absolute atomic E-state index is 0.203. The van der Waals surface area contributed by atoms with Crippen molar-refractivity contribution in [2.75, 3.05) is 26.3 Å². The second-order valence-electron chi connectivity index (χ2n) is 7.53. The van der Waals surface area contributed by atoms with E-state index in [9.17, 15) is 9.59 Å². The van der Waals surface area contributed by atoms with E-state index in [1.54, 1.807) is 0 Å². The van der Waals surface area contributed by atoms with Gasteiger partial charge in [-0.25, -0.2) is 4.79 Å². The summed E-state index contributed by atoms with van der Waals surface area (Å²) in [5.74, 6) is 1.73. The number of carbonyl (C=O) groups excluding carboxylic acids is 2. The number of benzene rings is 2. The van der Waals surface area contributed by atoms with Gasteiger partial charge in [-0.05, 0) is 41.7 Å². The van der Waals surface area contributed by atoms with Crippen LogP contribution in [0.1, 0.15) is 29.5 Å². The van der Waals surface area contributed by atoms with Gasteiger partial charge < -0.3 is 25.0 Å². The molecule has 0 bridgehead atoms. The predicted octanol–water partition coefficient (Wildman–Crippen LogP) is 2.62. The van der Waals surface area contributed by atoms with Crippen molar-refractivity contribution in [3.05, 3.63) is 59.2 Å². The van der Waals surface area contributed by atoms with Crippen molar-refractivity contribution >= 4 is 11.9 Å². The minimum atomic E-state index is -0.209. The van der Waals surface area contributed by atoms with E-state index < -0.39 is 0 Å². The van der Waals surface area contributed by atoms with Gasteiger partial charge >= 0.3 is 6.03 Å². The molecule has 3 amide bonds. The number of amides is 3. The monoisotopic (exact) mass is 409 g/mol. The fourth-order valence-electron chi connectivity index (χ4n) is 3.76. The molecule has 2 heterocycles. The van der Waals surface area contributed by atoms with Crippen LogP contribution < -0.4 is 20.1 Å². The first-order valence-electron chi connectivity index (χ1n) is 10.4. The number of nitrogens with one attached hydrogen (secondary N) is 2. The van der Waals surface area contributed by atoms with Gasteiger partial charge in [0, 0.05) is 32.6 Å². The molecule has 1 saturated heterocycles. The quantitative estimate of drug-likeness (QED) is 0.737. The van der Waals surface area contributed by atoms with Crippen LogP contribution >= 0.6 is 0 Å². The van der Waals surface area contributed by atoms with Crippen LogP contribution in [0, 0.1) is 0 Å². The number of ether oxygens (including phenoxy) is 2. The van der Waals surface area contributed by atoms with Crippen LogP contribution in [0.15, 0.2) is 42.5 Å². The highest BCUT2D eigenvalue weighted by Gasteiger charge is 2.21. The van der Waals surface area contributed by atoms with Gasteiger partial charge in [-0.3, -0.25) is 4.79 Å². The zero-order valence-corrected chi connectivity index (χ0v) is 17.0. The van der Waals surface area contributed by atoms with Crippen molar-refractivity contribution in [2.45, 2.75) is 32.4 Å². The van der Waals surface area contributed by atoms with Crippen LogP contribution in [-0.2, 0) is 24.3 Å². The lowest BCUT2D eigenvalue weighted by Gasteiger charge is -2.19. The molecule has 2 aliphatic heterocycles. The fourth-order valence-corrected chi connectivity index (χ4v) is 3.76. The molecule has 0 radical (unpaired) electrons. The highest BCUT2D eigenvalue weighted by atomic mass is 16.6. The second-order valence-corrected chi connectivity index (χ2v) is 7.53. The maximum absolute atomic E-state index is 12.2. The van der Waals surface area contributed by atoms with E-state index in [0.717, 1.165) is 41.2 Å². The number of fused-ring (bicyclic) bond motifs is 1. The zero-order valence-electron chi connectivity index (χ0n) is 17.0. The first kappa shape index (κ1) is 20.1.